The average Bonchev–Trinajstić information content (AvgIpc) is 3.63. The molecule has 4 atom stereocenters. The summed E-state index contributed by atoms with van der Waals surface area (Å²) in [4.78, 5) is 0. The molecule has 2 fully saturated rings. The maximum Gasteiger partial charge on any atom is 0.161 e. The maximum absolute atomic E-state index is 6.77. The third-order valence-corrected chi connectivity index (χ3v) is 7.75. The van der Waals surface area contributed by atoms with Crippen LogP contribution in [0.25, 0.3) is 0 Å². The molecule has 4 aromatic carbocycles. The summed E-state index contributed by atoms with van der Waals surface area (Å²) in [6.07, 6.45) is -0.232. The lowest BCUT2D eigenvalue weighted by Gasteiger charge is -2.21. The van der Waals surface area contributed by atoms with Crippen molar-refractivity contribution in [1.29, 1.82) is 0 Å². The summed E-state index contributed by atoms with van der Waals surface area (Å²) in [5.41, 5.74) is 4.32. The van der Waals surface area contributed by atoms with Gasteiger partial charge in [0.05, 0.1) is 39.6 Å². The van der Waals surface area contributed by atoms with Crippen molar-refractivity contribution in [2.45, 2.75) is 25.4 Å². The predicted octanol–water partition coefficient (Wildman–Crippen LogP) is 6.94. The van der Waals surface area contributed by atoms with Gasteiger partial charge in [0.25, 0.3) is 0 Å². The Kier molecular flexibility index (Phi) is 7.89. The molecule has 0 N–H and O–H groups in total. The predicted molar refractivity (Wildman–Crippen MR) is 152 cm³/mol. The van der Waals surface area contributed by atoms with Gasteiger partial charge in [-0.2, -0.15) is 0 Å². The molecule has 6 nitrogen and oxygen atoms in total. The second-order valence-electron chi connectivity index (χ2n) is 10.2. The first kappa shape index (κ1) is 26.2. The Morgan fingerprint density at radius 2 is 1.02 bits per heavy atom. The molecule has 2 heterocycles. The van der Waals surface area contributed by atoms with Gasteiger partial charge < -0.3 is 28.4 Å². The number of methoxy groups -OCH3 is 2. The van der Waals surface area contributed by atoms with Crippen LogP contribution in [0.1, 0.15) is 34.5 Å². The molecule has 0 amide bonds. The summed E-state index contributed by atoms with van der Waals surface area (Å²) >= 11 is 0. The molecular weight excluding hydrogens is 504 g/mol. The molecule has 4 aromatic rings. The van der Waals surface area contributed by atoms with Crippen LogP contribution in [0.4, 0.5) is 0 Å². The fourth-order valence-corrected chi connectivity index (χ4v) is 5.65. The van der Waals surface area contributed by atoms with Gasteiger partial charge >= 0.3 is 0 Å². The van der Waals surface area contributed by atoms with E-state index in [1.165, 1.54) is 0 Å². The Balaban J connectivity index is 1.19. The van der Waals surface area contributed by atoms with Crippen LogP contribution in [0, 0.1) is 11.8 Å². The van der Waals surface area contributed by atoms with Crippen LogP contribution in [-0.2, 0) is 22.7 Å². The first-order valence-corrected chi connectivity index (χ1v) is 13.7. The number of ether oxygens (including phenoxy) is 6. The van der Waals surface area contributed by atoms with Gasteiger partial charge in [0, 0.05) is 11.8 Å². The van der Waals surface area contributed by atoms with E-state index < -0.39 is 0 Å². The number of hydrogen-bond acceptors (Lipinski definition) is 6. The quantitative estimate of drug-likeness (QED) is 0.218. The number of fused-ring (bicyclic) bond motifs is 1. The van der Waals surface area contributed by atoms with Crippen LogP contribution in [0.3, 0.4) is 0 Å². The fourth-order valence-electron chi connectivity index (χ4n) is 5.65. The van der Waals surface area contributed by atoms with E-state index in [2.05, 4.69) is 12.1 Å². The van der Waals surface area contributed by atoms with Gasteiger partial charge in [-0.05, 0) is 46.5 Å². The van der Waals surface area contributed by atoms with Gasteiger partial charge in [0.2, 0.25) is 0 Å². The van der Waals surface area contributed by atoms with E-state index in [1.807, 2.05) is 84.9 Å². The SMILES string of the molecule is COc1cc(C2OC(c3ccc(OCc4ccccc4)c(OC)c3)C3COCC23)ccc1OCc1ccccc1. The summed E-state index contributed by atoms with van der Waals surface area (Å²) in [6.45, 7) is 2.28. The van der Waals surface area contributed by atoms with Crippen molar-refractivity contribution in [3.63, 3.8) is 0 Å². The molecule has 0 radical (unpaired) electrons. The minimum absolute atomic E-state index is 0.116. The molecule has 4 unspecified atom stereocenters. The molecule has 2 aliphatic heterocycles. The zero-order chi connectivity index (χ0) is 27.3. The summed E-state index contributed by atoms with van der Waals surface area (Å²) in [7, 11) is 3.34. The lowest BCUT2D eigenvalue weighted by molar-refractivity contribution is -0.00329. The van der Waals surface area contributed by atoms with Gasteiger partial charge in [0.15, 0.2) is 23.0 Å². The maximum atomic E-state index is 6.77. The Bertz CT molecular complexity index is 1300. The van der Waals surface area contributed by atoms with Crippen molar-refractivity contribution in [2.75, 3.05) is 27.4 Å². The molecule has 0 saturated carbocycles. The zero-order valence-corrected chi connectivity index (χ0v) is 22.8. The average molecular weight is 539 g/mol. The summed E-state index contributed by atoms with van der Waals surface area (Å²) in [6, 6.07) is 32.4. The molecule has 6 heteroatoms. The Morgan fingerprint density at radius 3 is 1.45 bits per heavy atom. The zero-order valence-electron chi connectivity index (χ0n) is 22.8. The molecule has 2 aliphatic rings. The van der Waals surface area contributed by atoms with Crippen LogP contribution in [0.2, 0.25) is 0 Å². The number of rotatable bonds is 10. The minimum Gasteiger partial charge on any atom is -0.493 e. The van der Waals surface area contributed by atoms with Crippen LogP contribution in [0.5, 0.6) is 23.0 Å². The van der Waals surface area contributed by atoms with E-state index in [1.54, 1.807) is 14.2 Å². The highest BCUT2D eigenvalue weighted by Crippen LogP contribution is 2.53. The smallest absolute Gasteiger partial charge is 0.161 e. The van der Waals surface area contributed by atoms with Crippen molar-refractivity contribution in [2.24, 2.45) is 11.8 Å². The number of benzene rings is 4. The molecule has 0 spiro atoms. The Labute approximate surface area is 235 Å². The monoisotopic (exact) mass is 538 g/mol. The summed E-state index contributed by atoms with van der Waals surface area (Å²) < 4.78 is 36.3. The van der Waals surface area contributed by atoms with Crippen molar-refractivity contribution < 1.29 is 28.4 Å². The fraction of sp³-hybridized carbons (Fsp3) is 0.294. The van der Waals surface area contributed by atoms with Gasteiger partial charge in [0.1, 0.15) is 13.2 Å². The standard InChI is InChI=1S/C34H34O6/c1-35-31-17-25(13-15-29(31)38-19-23-9-5-3-6-10-23)33-27-21-37-22-28(27)34(40-33)26-14-16-30(32(18-26)36-2)39-20-24-11-7-4-8-12-24/h3-18,27-28,33-34H,19-22H2,1-2H3. The highest BCUT2D eigenvalue weighted by atomic mass is 16.5. The van der Waals surface area contributed by atoms with Gasteiger partial charge in [-0.1, -0.05) is 72.8 Å². The molecule has 6 rings (SSSR count). The highest BCUT2D eigenvalue weighted by molar-refractivity contribution is 5.46. The highest BCUT2D eigenvalue weighted by Gasteiger charge is 2.49. The van der Waals surface area contributed by atoms with E-state index in [-0.39, 0.29) is 24.0 Å². The lowest BCUT2D eigenvalue weighted by atomic mass is 9.85. The van der Waals surface area contributed by atoms with Crippen LogP contribution >= 0.6 is 0 Å². The van der Waals surface area contributed by atoms with Crippen LogP contribution in [0.15, 0.2) is 97.1 Å². The molecule has 206 valence electrons. The van der Waals surface area contributed by atoms with Crippen molar-refractivity contribution in [3.05, 3.63) is 119 Å². The normalized spacial score (nSPS) is 21.6. The Morgan fingerprint density at radius 1 is 0.575 bits per heavy atom. The van der Waals surface area contributed by atoms with Crippen molar-refractivity contribution in [3.8, 4) is 23.0 Å². The molecule has 40 heavy (non-hydrogen) atoms. The molecule has 2 saturated heterocycles. The number of hydrogen-bond donors (Lipinski definition) is 0. The van der Waals surface area contributed by atoms with Crippen LogP contribution in [-0.4, -0.2) is 27.4 Å². The van der Waals surface area contributed by atoms with Crippen molar-refractivity contribution in [1.82, 2.24) is 0 Å². The molecular formula is C34H34O6. The van der Waals surface area contributed by atoms with E-state index in [0.29, 0.717) is 49.4 Å². The Hall–Kier alpha value is -4.00. The van der Waals surface area contributed by atoms with Crippen LogP contribution < -0.4 is 18.9 Å². The van der Waals surface area contributed by atoms with Gasteiger partial charge in [-0.15, -0.1) is 0 Å². The van der Waals surface area contributed by atoms with Gasteiger partial charge in [-0.3, -0.25) is 0 Å². The summed E-state index contributed by atoms with van der Waals surface area (Å²) in [5, 5.41) is 0. The lowest BCUT2D eigenvalue weighted by Crippen LogP contribution is -2.14. The minimum atomic E-state index is -0.116. The third-order valence-electron chi connectivity index (χ3n) is 7.75. The topological polar surface area (TPSA) is 55.4 Å². The second kappa shape index (κ2) is 12.0. The molecule has 0 aromatic heterocycles. The first-order chi connectivity index (χ1) is 19.7. The molecule has 0 bridgehead atoms. The largest absolute Gasteiger partial charge is 0.493 e. The molecule has 0 aliphatic carbocycles. The second-order valence-corrected chi connectivity index (χ2v) is 10.2. The van der Waals surface area contributed by atoms with Crippen molar-refractivity contribution >= 4 is 0 Å². The first-order valence-electron chi connectivity index (χ1n) is 13.7. The third kappa shape index (κ3) is 5.51. The summed E-state index contributed by atoms with van der Waals surface area (Å²) in [5.74, 6) is 3.28. The van der Waals surface area contributed by atoms with E-state index in [9.17, 15) is 0 Å². The van der Waals surface area contributed by atoms with E-state index in [4.69, 9.17) is 28.4 Å². The van der Waals surface area contributed by atoms with Gasteiger partial charge in [-0.25, -0.2) is 0 Å². The van der Waals surface area contributed by atoms with E-state index in [0.717, 1.165) is 22.3 Å². The van der Waals surface area contributed by atoms with E-state index >= 15 is 0 Å².